The number of hydrogen-bond donors (Lipinski definition) is 2. The summed E-state index contributed by atoms with van der Waals surface area (Å²) < 4.78 is 5.29. The van der Waals surface area contributed by atoms with Gasteiger partial charge in [-0.3, -0.25) is 4.99 Å². The molecule has 0 radical (unpaired) electrons. The summed E-state index contributed by atoms with van der Waals surface area (Å²) in [6, 6.07) is 0. The van der Waals surface area contributed by atoms with Crippen LogP contribution in [0.25, 0.3) is 0 Å². The van der Waals surface area contributed by atoms with Gasteiger partial charge in [-0.1, -0.05) is 0 Å². The normalized spacial score (nSPS) is 12.9. The number of nitrogens with zero attached hydrogens (tertiary/aromatic N) is 2. The fourth-order valence-corrected chi connectivity index (χ4v) is 1.14. The second kappa shape index (κ2) is 9.16. The van der Waals surface area contributed by atoms with Crippen LogP contribution in [0.5, 0.6) is 0 Å². The number of ether oxygens (including phenoxy) is 1. The molecule has 0 saturated heterocycles. The highest BCUT2D eigenvalue weighted by Crippen LogP contribution is 2.09. The maximum absolute atomic E-state index is 5.29. The quantitative estimate of drug-likeness (QED) is 0.386. The van der Waals surface area contributed by atoms with Crippen molar-refractivity contribution in [2.75, 3.05) is 46.9 Å². The Kier molecular flexibility index (Phi) is 8.75. The third-order valence-electron chi connectivity index (χ3n) is 2.92. The van der Waals surface area contributed by atoms with E-state index in [4.69, 9.17) is 4.74 Å². The van der Waals surface area contributed by atoms with E-state index < -0.39 is 0 Å². The van der Waals surface area contributed by atoms with Gasteiger partial charge < -0.3 is 20.3 Å². The summed E-state index contributed by atoms with van der Waals surface area (Å²) in [7, 11) is 4.15. The van der Waals surface area contributed by atoms with Gasteiger partial charge in [-0.2, -0.15) is 0 Å². The SMILES string of the molecule is CCNC(=NCC(C)(C)N(C)C)NCCOCC. The lowest BCUT2D eigenvalue weighted by atomic mass is 10.1. The van der Waals surface area contributed by atoms with E-state index in [1.165, 1.54) is 0 Å². The molecule has 5 heteroatoms. The molecule has 0 atom stereocenters. The maximum Gasteiger partial charge on any atom is 0.191 e. The van der Waals surface area contributed by atoms with Crippen LogP contribution in [0, 0.1) is 0 Å². The highest BCUT2D eigenvalue weighted by atomic mass is 16.5. The molecule has 0 aliphatic carbocycles. The first-order valence-electron chi connectivity index (χ1n) is 6.71. The predicted octanol–water partition coefficient (Wildman–Crippen LogP) is 0.918. The summed E-state index contributed by atoms with van der Waals surface area (Å²) in [6.45, 7) is 12.3. The summed E-state index contributed by atoms with van der Waals surface area (Å²) in [5.41, 5.74) is 0.0578. The van der Waals surface area contributed by atoms with Crippen molar-refractivity contribution in [3.05, 3.63) is 0 Å². The molecular formula is C13H30N4O. The van der Waals surface area contributed by atoms with Gasteiger partial charge in [-0.15, -0.1) is 0 Å². The Morgan fingerprint density at radius 2 is 1.89 bits per heavy atom. The summed E-state index contributed by atoms with van der Waals surface area (Å²) in [4.78, 5) is 6.78. The Bertz CT molecular complexity index is 239. The van der Waals surface area contributed by atoms with Gasteiger partial charge in [-0.25, -0.2) is 0 Å². The average molecular weight is 258 g/mol. The molecular weight excluding hydrogens is 228 g/mol. The largest absolute Gasteiger partial charge is 0.380 e. The van der Waals surface area contributed by atoms with Crippen molar-refractivity contribution in [2.45, 2.75) is 33.2 Å². The Balaban J connectivity index is 4.22. The molecule has 0 unspecified atom stereocenters. The van der Waals surface area contributed by atoms with E-state index >= 15 is 0 Å². The van der Waals surface area contributed by atoms with Crippen LogP contribution in [-0.2, 0) is 4.74 Å². The lowest BCUT2D eigenvalue weighted by Gasteiger charge is -2.31. The van der Waals surface area contributed by atoms with Crippen LogP contribution in [0.15, 0.2) is 4.99 Å². The molecule has 0 spiro atoms. The fraction of sp³-hybridized carbons (Fsp3) is 0.923. The van der Waals surface area contributed by atoms with Crippen LogP contribution in [0.2, 0.25) is 0 Å². The molecule has 5 nitrogen and oxygen atoms in total. The highest BCUT2D eigenvalue weighted by molar-refractivity contribution is 5.79. The first-order valence-corrected chi connectivity index (χ1v) is 6.71. The Labute approximate surface area is 112 Å². The van der Waals surface area contributed by atoms with Crippen LogP contribution < -0.4 is 10.6 Å². The summed E-state index contributed by atoms with van der Waals surface area (Å²) in [5.74, 6) is 0.854. The number of likely N-dealkylation sites (N-methyl/N-ethyl adjacent to an activating group) is 1. The molecule has 0 aromatic rings. The summed E-state index contributed by atoms with van der Waals surface area (Å²) >= 11 is 0. The first-order chi connectivity index (χ1) is 8.44. The Morgan fingerprint density at radius 3 is 2.39 bits per heavy atom. The first kappa shape index (κ1) is 17.2. The lowest BCUT2D eigenvalue weighted by molar-refractivity contribution is 0.152. The zero-order valence-electron chi connectivity index (χ0n) is 12.8. The van der Waals surface area contributed by atoms with Crippen molar-refractivity contribution in [3.8, 4) is 0 Å². The summed E-state index contributed by atoms with van der Waals surface area (Å²) in [5, 5.41) is 6.50. The predicted molar refractivity (Wildman–Crippen MR) is 78.2 cm³/mol. The minimum Gasteiger partial charge on any atom is -0.380 e. The number of rotatable bonds is 8. The van der Waals surface area contributed by atoms with Crippen molar-refractivity contribution in [2.24, 2.45) is 4.99 Å². The van der Waals surface area contributed by atoms with E-state index in [-0.39, 0.29) is 5.54 Å². The second-order valence-electron chi connectivity index (χ2n) is 5.03. The number of guanidine groups is 1. The van der Waals surface area contributed by atoms with Gasteiger partial charge in [-0.05, 0) is 41.8 Å². The van der Waals surface area contributed by atoms with Crippen molar-refractivity contribution in [1.29, 1.82) is 0 Å². The van der Waals surface area contributed by atoms with E-state index in [9.17, 15) is 0 Å². The van der Waals surface area contributed by atoms with Gasteiger partial charge in [0.1, 0.15) is 0 Å². The highest BCUT2D eigenvalue weighted by Gasteiger charge is 2.19. The lowest BCUT2D eigenvalue weighted by Crippen LogP contribution is -2.44. The van der Waals surface area contributed by atoms with Crippen LogP contribution in [0.1, 0.15) is 27.7 Å². The van der Waals surface area contributed by atoms with Crippen LogP contribution in [0.4, 0.5) is 0 Å². The van der Waals surface area contributed by atoms with Gasteiger partial charge in [0.05, 0.1) is 13.2 Å². The molecule has 0 saturated carbocycles. The third kappa shape index (κ3) is 7.50. The standard InChI is InChI=1S/C13H30N4O/c1-7-14-12(15-9-10-18-8-2)16-11-13(3,4)17(5)6/h7-11H2,1-6H3,(H2,14,15,16). The fourth-order valence-electron chi connectivity index (χ4n) is 1.14. The van der Waals surface area contributed by atoms with Gasteiger partial charge in [0.2, 0.25) is 0 Å². The number of hydrogen-bond acceptors (Lipinski definition) is 3. The molecule has 0 fully saturated rings. The molecule has 0 aliphatic rings. The molecule has 0 aromatic carbocycles. The van der Waals surface area contributed by atoms with E-state index in [0.717, 1.165) is 32.2 Å². The number of aliphatic imine (C=N–C) groups is 1. The van der Waals surface area contributed by atoms with Crippen molar-refractivity contribution in [3.63, 3.8) is 0 Å². The smallest absolute Gasteiger partial charge is 0.191 e. The number of nitrogens with one attached hydrogen (secondary N) is 2. The van der Waals surface area contributed by atoms with Crippen LogP contribution in [0.3, 0.4) is 0 Å². The van der Waals surface area contributed by atoms with Gasteiger partial charge in [0.25, 0.3) is 0 Å². The van der Waals surface area contributed by atoms with E-state index in [0.29, 0.717) is 6.61 Å². The molecule has 0 aromatic heterocycles. The minimum absolute atomic E-state index is 0.0578. The minimum atomic E-state index is 0.0578. The van der Waals surface area contributed by atoms with Crippen LogP contribution >= 0.6 is 0 Å². The van der Waals surface area contributed by atoms with Gasteiger partial charge in [0, 0.05) is 25.2 Å². The molecule has 0 rings (SSSR count). The molecule has 0 amide bonds. The topological polar surface area (TPSA) is 48.9 Å². The van der Waals surface area contributed by atoms with Gasteiger partial charge in [0.15, 0.2) is 5.96 Å². The molecule has 108 valence electrons. The second-order valence-corrected chi connectivity index (χ2v) is 5.03. The third-order valence-corrected chi connectivity index (χ3v) is 2.92. The molecule has 2 N–H and O–H groups in total. The monoisotopic (exact) mass is 258 g/mol. The van der Waals surface area contributed by atoms with E-state index in [2.05, 4.69) is 55.4 Å². The van der Waals surface area contributed by atoms with E-state index in [1.54, 1.807) is 0 Å². The van der Waals surface area contributed by atoms with Crippen molar-refractivity contribution < 1.29 is 4.74 Å². The Morgan fingerprint density at radius 1 is 1.22 bits per heavy atom. The van der Waals surface area contributed by atoms with Gasteiger partial charge >= 0.3 is 0 Å². The molecule has 0 aliphatic heterocycles. The van der Waals surface area contributed by atoms with E-state index in [1.807, 2.05) is 6.92 Å². The molecule has 0 heterocycles. The summed E-state index contributed by atoms with van der Waals surface area (Å²) in [6.07, 6.45) is 0. The maximum atomic E-state index is 5.29. The molecule has 18 heavy (non-hydrogen) atoms. The zero-order valence-corrected chi connectivity index (χ0v) is 12.8. The molecule has 0 bridgehead atoms. The average Bonchev–Trinajstić information content (AvgIpc) is 2.31. The Hall–Kier alpha value is -0.810. The van der Waals surface area contributed by atoms with Crippen LogP contribution in [-0.4, -0.2) is 63.3 Å². The zero-order chi connectivity index (χ0) is 14.0. The van der Waals surface area contributed by atoms with Crippen molar-refractivity contribution in [1.82, 2.24) is 15.5 Å². The van der Waals surface area contributed by atoms with Crippen molar-refractivity contribution >= 4 is 5.96 Å².